The number of nitrogens with zero attached hydrogens (tertiary/aromatic N) is 2. The molecular formula is C29H33N3O2. The molecule has 4 aliphatic rings. The number of pyridine rings is 2. The van der Waals surface area contributed by atoms with E-state index in [-0.39, 0.29) is 16.9 Å². The van der Waals surface area contributed by atoms with Gasteiger partial charge in [-0.05, 0) is 96.6 Å². The summed E-state index contributed by atoms with van der Waals surface area (Å²) in [6, 6.07) is 11.4. The number of carbonyl (C=O) groups is 1. The second kappa shape index (κ2) is 7.53. The third-order valence-corrected chi connectivity index (χ3v) is 8.67. The van der Waals surface area contributed by atoms with Gasteiger partial charge in [-0.15, -0.1) is 0 Å². The maximum Gasteiger partial charge on any atom is 0.258 e. The zero-order valence-electron chi connectivity index (χ0n) is 20.1. The van der Waals surface area contributed by atoms with Crippen LogP contribution in [0.4, 0.5) is 5.69 Å². The van der Waals surface area contributed by atoms with Crippen LogP contribution >= 0.6 is 0 Å². The molecule has 0 spiro atoms. The Labute approximate surface area is 200 Å². The third-order valence-electron chi connectivity index (χ3n) is 8.67. The summed E-state index contributed by atoms with van der Waals surface area (Å²) in [6.45, 7) is 5.39. The Morgan fingerprint density at radius 1 is 1.00 bits per heavy atom. The van der Waals surface area contributed by atoms with Gasteiger partial charge in [-0.1, -0.05) is 19.9 Å². The number of amides is 1. The van der Waals surface area contributed by atoms with E-state index in [1.165, 1.54) is 38.5 Å². The van der Waals surface area contributed by atoms with Crippen molar-refractivity contribution in [2.24, 2.45) is 22.2 Å². The van der Waals surface area contributed by atoms with Crippen LogP contribution < -0.4 is 10.9 Å². The van der Waals surface area contributed by atoms with Crippen LogP contribution in [0.1, 0.15) is 64.4 Å². The highest BCUT2D eigenvalue weighted by atomic mass is 16.1. The number of anilines is 1. The van der Waals surface area contributed by atoms with E-state index in [0.717, 1.165) is 22.6 Å². The molecule has 0 saturated heterocycles. The minimum Gasteiger partial charge on any atom is -0.325 e. The highest BCUT2D eigenvalue weighted by Gasteiger charge is 2.60. The average molecular weight is 456 g/mol. The summed E-state index contributed by atoms with van der Waals surface area (Å²) in [4.78, 5) is 30.6. The number of rotatable bonds is 5. The summed E-state index contributed by atoms with van der Waals surface area (Å²) < 4.78 is 1.71. The Morgan fingerprint density at radius 3 is 2.44 bits per heavy atom. The highest BCUT2D eigenvalue weighted by Crippen LogP contribution is 2.70. The number of aromatic nitrogens is 2. The van der Waals surface area contributed by atoms with Crippen LogP contribution in [0.3, 0.4) is 0 Å². The topological polar surface area (TPSA) is 64.0 Å². The maximum absolute atomic E-state index is 13.3. The molecule has 2 unspecified atom stereocenters. The van der Waals surface area contributed by atoms with Crippen LogP contribution in [-0.4, -0.2) is 15.5 Å². The van der Waals surface area contributed by atoms with Crippen molar-refractivity contribution >= 4 is 22.4 Å². The fraction of sp³-hybridized carbons (Fsp3) is 0.483. The second-order valence-corrected chi connectivity index (χ2v) is 12.2. The summed E-state index contributed by atoms with van der Waals surface area (Å²) in [5.74, 6) is 0.859. The fourth-order valence-electron chi connectivity index (χ4n) is 8.65. The first-order valence-electron chi connectivity index (χ1n) is 12.6. The first-order chi connectivity index (χ1) is 16.2. The van der Waals surface area contributed by atoms with E-state index in [0.29, 0.717) is 29.2 Å². The van der Waals surface area contributed by atoms with Crippen molar-refractivity contribution in [3.05, 3.63) is 70.9 Å². The molecule has 2 aromatic heterocycles. The van der Waals surface area contributed by atoms with Crippen LogP contribution in [0.2, 0.25) is 0 Å². The molecule has 176 valence electrons. The zero-order valence-corrected chi connectivity index (χ0v) is 20.1. The van der Waals surface area contributed by atoms with Crippen molar-refractivity contribution in [2.45, 2.75) is 65.3 Å². The lowest BCUT2D eigenvalue weighted by Crippen LogP contribution is -2.55. The van der Waals surface area contributed by atoms with Gasteiger partial charge >= 0.3 is 0 Å². The average Bonchev–Trinajstić information content (AvgIpc) is 2.74. The molecule has 34 heavy (non-hydrogen) atoms. The molecule has 1 aromatic carbocycles. The van der Waals surface area contributed by atoms with Crippen LogP contribution in [0.5, 0.6) is 0 Å². The molecule has 4 saturated carbocycles. The molecule has 1 amide bonds. The van der Waals surface area contributed by atoms with E-state index in [9.17, 15) is 9.59 Å². The number of hydrogen-bond donors (Lipinski definition) is 1. The van der Waals surface area contributed by atoms with Crippen molar-refractivity contribution in [3.8, 4) is 0 Å². The predicted molar refractivity (Wildman–Crippen MR) is 135 cm³/mol. The number of fused-ring (bicyclic) bond motifs is 1. The molecule has 0 aliphatic heterocycles. The molecule has 0 radical (unpaired) electrons. The van der Waals surface area contributed by atoms with Crippen molar-refractivity contribution < 1.29 is 4.79 Å². The molecule has 3 aromatic rings. The Balaban J connectivity index is 1.24. The number of hydrogen-bond acceptors (Lipinski definition) is 3. The lowest BCUT2D eigenvalue weighted by Gasteiger charge is -2.65. The van der Waals surface area contributed by atoms with Gasteiger partial charge in [0.05, 0.1) is 6.54 Å². The van der Waals surface area contributed by atoms with Crippen molar-refractivity contribution in [3.63, 3.8) is 0 Å². The first-order valence-corrected chi connectivity index (χ1v) is 12.6. The van der Waals surface area contributed by atoms with Crippen LogP contribution in [-0.2, 0) is 11.3 Å². The normalized spacial score (nSPS) is 31.6. The highest BCUT2D eigenvalue weighted by molar-refractivity contribution is 6.02. The molecular weight excluding hydrogens is 422 g/mol. The Morgan fingerprint density at radius 2 is 1.74 bits per heavy atom. The molecule has 4 fully saturated rings. The van der Waals surface area contributed by atoms with E-state index in [1.807, 2.05) is 42.6 Å². The summed E-state index contributed by atoms with van der Waals surface area (Å²) in [6.07, 6.45) is 13.4. The van der Waals surface area contributed by atoms with Crippen molar-refractivity contribution in [1.82, 2.24) is 9.55 Å². The van der Waals surface area contributed by atoms with Crippen molar-refractivity contribution in [2.75, 3.05) is 5.32 Å². The van der Waals surface area contributed by atoms with E-state index in [2.05, 4.69) is 24.1 Å². The Hall–Kier alpha value is -2.95. The van der Waals surface area contributed by atoms with Crippen LogP contribution in [0.25, 0.3) is 10.8 Å². The maximum atomic E-state index is 13.3. The number of nitrogens with one attached hydrogen (secondary N) is 1. The quantitative estimate of drug-likeness (QED) is 0.531. The molecule has 2 atom stereocenters. The van der Waals surface area contributed by atoms with Crippen LogP contribution in [0, 0.1) is 22.2 Å². The molecule has 1 N–H and O–H groups in total. The number of benzene rings is 1. The predicted octanol–water partition coefficient (Wildman–Crippen LogP) is 5.77. The number of carbonyl (C=O) groups excluding carboxylic acids is 1. The van der Waals surface area contributed by atoms with Gasteiger partial charge in [0.25, 0.3) is 5.56 Å². The van der Waals surface area contributed by atoms with E-state index in [1.54, 1.807) is 17.0 Å². The standard InChI is InChI=1S/C29H33N3O2/c1-27-12-21-13-28(2,17-27)19-29(14-21,18-27)15-25(33)31-24-5-3-4-23-22(24)8-11-32(26(23)34)16-20-6-9-30-10-7-20/h3-11,21H,12-19H2,1-2H3,(H,31,33). The van der Waals surface area contributed by atoms with E-state index in [4.69, 9.17) is 0 Å². The first kappa shape index (κ1) is 21.6. The Kier molecular flexibility index (Phi) is 4.78. The largest absolute Gasteiger partial charge is 0.325 e. The molecule has 4 bridgehead atoms. The molecule has 5 nitrogen and oxygen atoms in total. The minimum absolute atomic E-state index is 0.0488. The fourth-order valence-corrected chi connectivity index (χ4v) is 8.65. The van der Waals surface area contributed by atoms with Gasteiger partial charge in [-0.25, -0.2) is 0 Å². The monoisotopic (exact) mass is 455 g/mol. The zero-order chi connectivity index (χ0) is 23.6. The van der Waals surface area contributed by atoms with Crippen LogP contribution in [0.15, 0.2) is 59.8 Å². The molecule has 4 aliphatic carbocycles. The van der Waals surface area contributed by atoms with Gasteiger partial charge in [0, 0.05) is 41.5 Å². The van der Waals surface area contributed by atoms with Gasteiger partial charge in [-0.2, -0.15) is 0 Å². The van der Waals surface area contributed by atoms with Gasteiger partial charge in [0.1, 0.15) is 0 Å². The van der Waals surface area contributed by atoms with Gasteiger partial charge in [0.15, 0.2) is 0 Å². The van der Waals surface area contributed by atoms with E-state index < -0.39 is 0 Å². The molecule has 7 rings (SSSR count). The van der Waals surface area contributed by atoms with Crippen molar-refractivity contribution in [1.29, 1.82) is 0 Å². The summed E-state index contributed by atoms with van der Waals surface area (Å²) in [5.41, 5.74) is 2.64. The van der Waals surface area contributed by atoms with Gasteiger partial charge in [0.2, 0.25) is 5.91 Å². The SMILES string of the molecule is CC12CC3CC(C)(C1)CC(CC(=O)Nc1cccc4c(=O)n(Cc5ccncc5)ccc14)(C3)C2. The summed E-state index contributed by atoms with van der Waals surface area (Å²) >= 11 is 0. The Bertz CT molecular complexity index is 1310. The molecule has 2 heterocycles. The summed E-state index contributed by atoms with van der Waals surface area (Å²) in [5, 5.41) is 4.62. The lowest BCUT2D eigenvalue weighted by atomic mass is 9.40. The lowest BCUT2D eigenvalue weighted by molar-refractivity contribution is -0.153. The third kappa shape index (κ3) is 3.75. The summed E-state index contributed by atoms with van der Waals surface area (Å²) in [7, 11) is 0. The second-order valence-electron chi connectivity index (χ2n) is 12.2. The van der Waals surface area contributed by atoms with Gasteiger partial charge in [-0.3, -0.25) is 14.6 Å². The minimum atomic E-state index is -0.0488. The molecule has 5 heteroatoms. The van der Waals surface area contributed by atoms with E-state index >= 15 is 0 Å². The smallest absolute Gasteiger partial charge is 0.258 e. The van der Waals surface area contributed by atoms with Gasteiger partial charge < -0.3 is 9.88 Å².